The molecule has 1 aromatic rings. The third-order valence-corrected chi connectivity index (χ3v) is 3.83. The lowest BCUT2D eigenvalue weighted by atomic mass is 10.2. The summed E-state index contributed by atoms with van der Waals surface area (Å²) in [4.78, 5) is 13.8. The van der Waals surface area contributed by atoms with E-state index in [1.165, 1.54) is 0 Å². The molecule has 0 aromatic heterocycles. The van der Waals surface area contributed by atoms with E-state index in [1.54, 1.807) is 4.90 Å². The summed E-state index contributed by atoms with van der Waals surface area (Å²) in [5.74, 6) is 0.314. The van der Waals surface area contributed by atoms with Crippen molar-refractivity contribution in [3.05, 3.63) is 24.3 Å². The number of carbonyl (C=O) groups is 1. The van der Waals surface area contributed by atoms with Gasteiger partial charge in [-0.2, -0.15) is 0 Å². The Kier molecular flexibility index (Phi) is 6.06. The molecule has 1 heterocycles. The molecule has 0 radical (unpaired) electrons. The Hall–Kier alpha value is -1.30. The maximum Gasteiger partial charge on any atom is 0.242 e. The zero-order valence-corrected chi connectivity index (χ0v) is 13.9. The first-order chi connectivity index (χ1) is 10.6. The maximum atomic E-state index is 12.2. The zero-order chi connectivity index (χ0) is 16.1. The van der Waals surface area contributed by atoms with E-state index in [0.29, 0.717) is 18.0 Å². The van der Waals surface area contributed by atoms with Crippen molar-refractivity contribution in [2.24, 2.45) is 0 Å². The number of hydrogen-bond donors (Lipinski definition) is 0. The largest absolute Gasteiger partial charge is 0.492 e. The number of amides is 1. The number of hydrogen-bond acceptors (Lipinski definition) is 4. The highest BCUT2D eigenvalue weighted by Gasteiger charge is 2.33. The molecule has 6 heteroatoms. The molecule has 1 aliphatic rings. The molecule has 1 saturated heterocycles. The van der Waals surface area contributed by atoms with Crippen LogP contribution in [0.25, 0.3) is 0 Å². The van der Waals surface area contributed by atoms with Gasteiger partial charge in [-0.25, -0.2) is 0 Å². The highest BCUT2D eigenvalue weighted by Crippen LogP contribution is 2.30. The first kappa shape index (κ1) is 17.1. The second kappa shape index (κ2) is 7.81. The fourth-order valence-electron chi connectivity index (χ4n) is 2.33. The highest BCUT2D eigenvalue weighted by atomic mass is 35.5. The third-order valence-electron chi connectivity index (χ3n) is 3.60. The SMILES string of the molecule is CCOc1ccccc1N(CC1OC(C)C(C)O1)C(=O)CCl. The Labute approximate surface area is 136 Å². The monoisotopic (exact) mass is 327 g/mol. The molecule has 1 amide bonds. The van der Waals surface area contributed by atoms with Crippen molar-refractivity contribution in [2.75, 3.05) is 23.9 Å². The minimum absolute atomic E-state index is 0.0000825. The van der Waals surface area contributed by atoms with Crippen LogP contribution in [0, 0.1) is 0 Å². The Morgan fingerprint density at radius 2 is 1.91 bits per heavy atom. The fourth-order valence-corrected chi connectivity index (χ4v) is 2.48. The summed E-state index contributed by atoms with van der Waals surface area (Å²) in [7, 11) is 0. The van der Waals surface area contributed by atoms with Gasteiger partial charge in [0, 0.05) is 0 Å². The van der Waals surface area contributed by atoms with Gasteiger partial charge in [0.15, 0.2) is 6.29 Å². The Morgan fingerprint density at radius 1 is 1.27 bits per heavy atom. The molecule has 1 fully saturated rings. The molecular weight excluding hydrogens is 306 g/mol. The summed E-state index contributed by atoms with van der Waals surface area (Å²) in [6.07, 6.45) is -0.466. The maximum absolute atomic E-state index is 12.2. The van der Waals surface area contributed by atoms with Crippen LogP contribution in [0.3, 0.4) is 0 Å². The molecular formula is C16H22ClNO4. The van der Waals surface area contributed by atoms with E-state index in [1.807, 2.05) is 45.0 Å². The second-order valence-corrected chi connectivity index (χ2v) is 5.42. The molecule has 22 heavy (non-hydrogen) atoms. The number of benzene rings is 1. The minimum Gasteiger partial charge on any atom is -0.492 e. The van der Waals surface area contributed by atoms with Crippen LogP contribution in [0.4, 0.5) is 5.69 Å². The van der Waals surface area contributed by atoms with E-state index in [-0.39, 0.29) is 30.5 Å². The number of alkyl halides is 1. The van der Waals surface area contributed by atoms with Gasteiger partial charge >= 0.3 is 0 Å². The average molecular weight is 328 g/mol. The second-order valence-electron chi connectivity index (χ2n) is 5.15. The fraction of sp³-hybridized carbons (Fsp3) is 0.562. The highest BCUT2D eigenvalue weighted by molar-refractivity contribution is 6.29. The molecule has 1 aromatic carbocycles. The molecule has 2 unspecified atom stereocenters. The predicted octanol–water partition coefficient (Wildman–Crippen LogP) is 2.81. The number of ether oxygens (including phenoxy) is 3. The van der Waals surface area contributed by atoms with Crippen molar-refractivity contribution >= 4 is 23.2 Å². The standard InChI is InChI=1S/C16H22ClNO4/c1-4-20-14-8-6-5-7-13(14)18(15(19)9-17)10-16-21-11(2)12(3)22-16/h5-8,11-12,16H,4,9-10H2,1-3H3. The van der Waals surface area contributed by atoms with Crippen molar-refractivity contribution in [1.29, 1.82) is 0 Å². The lowest BCUT2D eigenvalue weighted by Crippen LogP contribution is -2.39. The van der Waals surface area contributed by atoms with Crippen LogP contribution < -0.4 is 9.64 Å². The van der Waals surface area contributed by atoms with Gasteiger partial charge in [-0.3, -0.25) is 4.79 Å². The molecule has 5 nitrogen and oxygen atoms in total. The summed E-state index contributed by atoms with van der Waals surface area (Å²) < 4.78 is 17.0. The number of nitrogens with zero attached hydrogens (tertiary/aromatic N) is 1. The quantitative estimate of drug-likeness (QED) is 0.754. The normalized spacial score (nSPS) is 24.3. The molecule has 0 saturated carbocycles. The first-order valence-corrected chi connectivity index (χ1v) is 7.99. The van der Waals surface area contributed by atoms with Gasteiger partial charge < -0.3 is 19.1 Å². The number of anilines is 1. The summed E-state index contributed by atoms with van der Waals surface area (Å²) in [5.41, 5.74) is 0.675. The van der Waals surface area contributed by atoms with Gasteiger partial charge in [0.2, 0.25) is 5.91 Å². The van der Waals surface area contributed by atoms with Crippen molar-refractivity contribution in [1.82, 2.24) is 0 Å². The molecule has 2 atom stereocenters. The summed E-state index contributed by atoms with van der Waals surface area (Å²) in [6, 6.07) is 7.38. The van der Waals surface area contributed by atoms with Gasteiger partial charge in [0.25, 0.3) is 0 Å². The van der Waals surface area contributed by atoms with Crippen LogP contribution in [0.5, 0.6) is 5.75 Å². The summed E-state index contributed by atoms with van der Waals surface area (Å²) in [5, 5.41) is 0. The van der Waals surface area contributed by atoms with Gasteiger partial charge in [-0.1, -0.05) is 12.1 Å². The zero-order valence-electron chi connectivity index (χ0n) is 13.1. The van der Waals surface area contributed by atoms with Crippen molar-refractivity contribution in [3.63, 3.8) is 0 Å². The van der Waals surface area contributed by atoms with E-state index in [4.69, 9.17) is 25.8 Å². The molecule has 1 aliphatic heterocycles. The number of carbonyl (C=O) groups excluding carboxylic acids is 1. The van der Waals surface area contributed by atoms with E-state index in [0.717, 1.165) is 0 Å². The Bertz CT molecular complexity index is 501. The van der Waals surface area contributed by atoms with Crippen LogP contribution in [0.1, 0.15) is 20.8 Å². The van der Waals surface area contributed by atoms with E-state index < -0.39 is 6.29 Å². The summed E-state index contributed by atoms with van der Waals surface area (Å²) in [6.45, 7) is 6.60. The molecule has 2 rings (SSSR count). The third kappa shape index (κ3) is 3.91. The molecule has 0 spiro atoms. The van der Waals surface area contributed by atoms with Crippen molar-refractivity contribution in [3.8, 4) is 5.75 Å². The van der Waals surface area contributed by atoms with Crippen LogP contribution in [0.2, 0.25) is 0 Å². The van der Waals surface area contributed by atoms with Crippen LogP contribution in [0.15, 0.2) is 24.3 Å². The van der Waals surface area contributed by atoms with E-state index in [2.05, 4.69) is 0 Å². The van der Waals surface area contributed by atoms with Crippen molar-refractivity contribution in [2.45, 2.75) is 39.3 Å². The average Bonchev–Trinajstić information content (AvgIpc) is 2.83. The van der Waals surface area contributed by atoms with Gasteiger partial charge in [-0.15, -0.1) is 11.6 Å². The first-order valence-electron chi connectivity index (χ1n) is 7.45. The number of para-hydroxylation sites is 2. The minimum atomic E-state index is -0.466. The number of rotatable bonds is 6. The molecule has 0 aliphatic carbocycles. The number of halogens is 1. The van der Waals surface area contributed by atoms with E-state index >= 15 is 0 Å². The Balaban J connectivity index is 2.22. The molecule has 0 bridgehead atoms. The van der Waals surface area contributed by atoms with Crippen LogP contribution >= 0.6 is 11.6 Å². The van der Waals surface area contributed by atoms with Crippen molar-refractivity contribution < 1.29 is 19.0 Å². The van der Waals surface area contributed by atoms with Gasteiger partial charge in [-0.05, 0) is 32.9 Å². The van der Waals surface area contributed by atoms with Crippen LogP contribution in [-0.4, -0.2) is 43.4 Å². The lowest BCUT2D eigenvalue weighted by Gasteiger charge is -2.26. The molecule has 122 valence electrons. The summed E-state index contributed by atoms with van der Waals surface area (Å²) >= 11 is 5.76. The smallest absolute Gasteiger partial charge is 0.242 e. The molecule has 0 N–H and O–H groups in total. The van der Waals surface area contributed by atoms with Gasteiger partial charge in [0.1, 0.15) is 11.6 Å². The van der Waals surface area contributed by atoms with E-state index in [9.17, 15) is 4.79 Å². The predicted molar refractivity (Wildman–Crippen MR) is 85.6 cm³/mol. The van der Waals surface area contributed by atoms with Crippen LogP contribution in [-0.2, 0) is 14.3 Å². The lowest BCUT2D eigenvalue weighted by molar-refractivity contribution is -0.118. The Morgan fingerprint density at radius 3 is 2.50 bits per heavy atom. The van der Waals surface area contributed by atoms with Gasteiger partial charge in [0.05, 0.1) is 31.0 Å². The topological polar surface area (TPSA) is 48.0 Å².